The highest BCUT2D eigenvalue weighted by Crippen LogP contribution is 2.17. The third-order valence-corrected chi connectivity index (χ3v) is 3.34. The second-order valence-corrected chi connectivity index (χ2v) is 4.94. The van der Waals surface area contributed by atoms with Gasteiger partial charge >= 0.3 is 0 Å². The summed E-state index contributed by atoms with van der Waals surface area (Å²) in [6, 6.07) is 1.85. The summed E-state index contributed by atoms with van der Waals surface area (Å²) >= 11 is 1.33. The zero-order valence-electron chi connectivity index (χ0n) is 9.94. The summed E-state index contributed by atoms with van der Waals surface area (Å²) in [6.07, 6.45) is 0. The molecule has 0 radical (unpaired) electrons. The summed E-state index contributed by atoms with van der Waals surface area (Å²) in [5, 5.41) is 9.69. The highest BCUT2D eigenvalue weighted by molar-refractivity contribution is 7.12. The average Bonchev–Trinajstić information content (AvgIpc) is 2.86. The van der Waals surface area contributed by atoms with Gasteiger partial charge in [0.05, 0.1) is 11.2 Å². The van der Waals surface area contributed by atoms with Crippen molar-refractivity contribution >= 4 is 23.1 Å². The van der Waals surface area contributed by atoms with E-state index in [1.165, 1.54) is 11.3 Å². The molecule has 2 aromatic rings. The summed E-state index contributed by atoms with van der Waals surface area (Å²) in [5.74, 6) is 0.747. The van der Waals surface area contributed by atoms with Crippen LogP contribution in [0.15, 0.2) is 11.6 Å². The number of H-pyrrole nitrogens is 1. The lowest BCUT2D eigenvalue weighted by Crippen LogP contribution is -2.11. The number of aromatic nitrogens is 3. The van der Waals surface area contributed by atoms with Gasteiger partial charge in [0.1, 0.15) is 4.88 Å². The number of nitrogens with one attached hydrogen (secondary N) is 2. The fourth-order valence-corrected chi connectivity index (χ4v) is 2.09. The molecule has 0 saturated heterocycles. The minimum Gasteiger partial charge on any atom is -0.304 e. The van der Waals surface area contributed by atoms with Gasteiger partial charge in [-0.3, -0.25) is 9.89 Å². The van der Waals surface area contributed by atoms with Gasteiger partial charge in [-0.2, -0.15) is 5.10 Å². The number of carbonyl (C=O) groups excluding carboxylic acids is 1. The van der Waals surface area contributed by atoms with E-state index in [-0.39, 0.29) is 5.91 Å². The van der Waals surface area contributed by atoms with Crippen molar-refractivity contribution < 1.29 is 4.79 Å². The van der Waals surface area contributed by atoms with E-state index in [1.54, 1.807) is 5.51 Å². The Morgan fingerprint density at radius 2 is 2.29 bits per heavy atom. The largest absolute Gasteiger partial charge is 0.304 e. The van der Waals surface area contributed by atoms with Crippen LogP contribution in [-0.2, 0) is 0 Å². The molecule has 0 fully saturated rings. The fourth-order valence-electron chi connectivity index (χ4n) is 1.39. The van der Waals surface area contributed by atoms with E-state index in [9.17, 15) is 4.79 Å². The smallest absolute Gasteiger partial charge is 0.268 e. The van der Waals surface area contributed by atoms with Crippen LogP contribution in [0.2, 0.25) is 0 Å². The topological polar surface area (TPSA) is 70.7 Å². The van der Waals surface area contributed by atoms with Crippen LogP contribution in [0.25, 0.3) is 0 Å². The molecule has 2 N–H and O–H groups in total. The third-order valence-electron chi connectivity index (χ3n) is 2.41. The van der Waals surface area contributed by atoms with Crippen LogP contribution in [0.5, 0.6) is 0 Å². The number of aromatic amines is 1. The van der Waals surface area contributed by atoms with E-state index in [1.807, 2.05) is 13.0 Å². The molecule has 17 heavy (non-hydrogen) atoms. The van der Waals surface area contributed by atoms with Crippen molar-refractivity contribution in [1.82, 2.24) is 15.2 Å². The number of rotatable bonds is 3. The van der Waals surface area contributed by atoms with Gasteiger partial charge < -0.3 is 5.32 Å². The number of carbonyl (C=O) groups is 1. The number of anilines is 1. The Morgan fingerprint density at radius 3 is 2.82 bits per heavy atom. The molecule has 0 spiro atoms. The van der Waals surface area contributed by atoms with Crippen molar-refractivity contribution in [2.24, 2.45) is 0 Å². The Balaban J connectivity index is 2.11. The molecule has 90 valence electrons. The van der Waals surface area contributed by atoms with Gasteiger partial charge in [0.2, 0.25) is 0 Å². The standard InChI is InChI=1S/C11H14N4OS/c1-6(2)8-4-9(15-14-8)13-11(16)10-7(3)12-5-17-10/h4-6H,1-3H3,(H2,13,14,15,16). The van der Waals surface area contributed by atoms with E-state index >= 15 is 0 Å². The van der Waals surface area contributed by atoms with Crippen LogP contribution < -0.4 is 5.32 Å². The molecule has 5 nitrogen and oxygen atoms in total. The fraction of sp³-hybridized carbons (Fsp3) is 0.364. The van der Waals surface area contributed by atoms with Gasteiger partial charge in [-0.15, -0.1) is 11.3 Å². The van der Waals surface area contributed by atoms with Crippen molar-refractivity contribution in [3.63, 3.8) is 0 Å². The second kappa shape index (κ2) is 4.67. The molecule has 0 bridgehead atoms. The molecule has 0 atom stereocenters. The number of aryl methyl sites for hydroxylation is 1. The number of hydrogen-bond acceptors (Lipinski definition) is 4. The first-order chi connectivity index (χ1) is 8.08. The highest BCUT2D eigenvalue weighted by Gasteiger charge is 2.13. The van der Waals surface area contributed by atoms with E-state index in [2.05, 4.69) is 34.3 Å². The molecule has 1 amide bonds. The Bertz CT molecular complexity index is 529. The molecule has 2 aromatic heterocycles. The second-order valence-electron chi connectivity index (χ2n) is 4.08. The van der Waals surface area contributed by atoms with Crippen LogP contribution in [0, 0.1) is 6.92 Å². The maximum Gasteiger partial charge on any atom is 0.268 e. The molecular formula is C11H14N4OS. The van der Waals surface area contributed by atoms with Crippen LogP contribution in [-0.4, -0.2) is 21.1 Å². The van der Waals surface area contributed by atoms with Gasteiger partial charge in [0.25, 0.3) is 5.91 Å². The maximum atomic E-state index is 11.9. The Labute approximate surface area is 103 Å². The first kappa shape index (κ1) is 11.8. The Hall–Kier alpha value is -1.69. The van der Waals surface area contributed by atoms with E-state index in [0.717, 1.165) is 11.4 Å². The quantitative estimate of drug-likeness (QED) is 0.879. The molecule has 2 heterocycles. The van der Waals surface area contributed by atoms with Gasteiger partial charge in [0, 0.05) is 11.8 Å². The number of amides is 1. The van der Waals surface area contributed by atoms with E-state index in [0.29, 0.717) is 16.6 Å². The van der Waals surface area contributed by atoms with Gasteiger partial charge in [0.15, 0.2) is 5.82 Å². The molecular weight excluding hydrogens is 236 g/mol. The predicted octanol–water partition coefficient (Wildman–Crippen LogP) is 2.55. The lowest BCUT2D eigenvalue weighted by atomic mass is 10.1. The van der Waals surface area contributed by atoms with Crippen molar-refractivity contribution in [1.29, 1.82) is 0 Å². The molecule has 0 aliphatic carbocycles. The van der Waals surface area contributed by atoms with Crippen molar-refractivity contribution in [2.75, 3.05) is 5.32 Å². The van der Waals surface area contributed by atoms with Crippen molar-refractivity contribution in [3.8, 4) is 0 Å². The average molecular weight is 250 g/mol. The zero-order chi connectivity index (χ0) is 12.4. The van der Waals surface area contributed by atoms with E-state index < -0.39 is 0 Å². The SMILES string of the molecule is Cc1ncsc1C(=O)Nc1cc(C(C)C)[nH]n1. The molecule has 0 saturated carbocycles. The third kappa shape index (κ3) is 2.52. The number of thiazole rings is 1. The first-order valence-electron chi connectivity index (χ1n) is 5.34. The van der Waals surface area contributed by atoms with Crippen molar-refractivity contribution in [2.45, 2.75) is 26.7 Å². The molecule has 2 rings (SSSR count). The van der Waals surface area contributed by atoms with Crippen LogP contribution >= 0.6 is 11.3 Å². The van der Waals surface area contributed by atoms with Gasteiger partial charge in [-0.05, 0) is 12.8 Å². The molecule has 0 unspecified atom stereocenters. The summed E-state index contributed by atoms with van der Waals surface area (Å²) in [7, 11) is 0. The minimum atomic E-state index is -0.160. The lowest BCUT2D eigenvalue weighted by Gasteiger charge is -1.99. The Morgan fingerprint density at radius 1 is 1.53 bits per heavy atom. The van der Waals surface area contributed by atoms with Crippen LogP contribution in [0.3, 0.4) is 0 Å². The van der Waals surface area contributed by atoms with Gasteiger partial charge in [-0.1, -0.05) is 13.8 Å². The maximum absolute atomic E-state index is 11.9. The highest BCUT2D eigenvalue weighted by atomic mass is 32.1. The lowest BCUT2D eigenvalue weighted by molar-refractivity contribution is 0.102. The van der Waals surface area contributed by atoms with Crippen LogP contribution in [0.1, 0.15) is 40.8 Å². The Kier molecular flexibility index (Phi) is 3.23. The van der Waals surface area contributed by atoms with E-state index in [4.69, 9.17) is 0 Å². The molecule has 6 heteroatoms. The van der Waals surface area contributed by atoms with Crippen molar-refractivity contribution in [3.05, 3.63) is 27.8 Å². The van der Waals surface area contributed by atoms with Crippen LogP contribution in [0.4, 0.5) is 5.82 Å². The molecule has 0 aliphatic heterocycles. The number of hydrogen-bond donors (Lipinski definition) is 2. The normalized spacial score (nSPS) is 10.8. The monoisotopic (exact) mass is 250 g/mol. The first-order valence-corrected chi connectivity index (χ1v) is 6.22. The number of nitrogens with zero attached hydrogens (tertiary/aromatic N) is 2. The summed E-state index contributed by atoms with van der Waals surface area (Å²) in [5.41, 5.74) is 3.40. The summed E-state index contributed by atoms with van der Waals surface area (Å²) < 4.78 is 0. The minimum absolute atomic E-state index is 0.160. The molecule has 0 aliphatic rings. The predicted molar refractivity (Wildman–Crippen MR) is 67.5 cm³/mol. The zero-order valence-corrected chi connectivity index (χ0v) is 10.8. The summed E-state index contributed by atoms with van der Waals surface area (Å²) in [6.45, 7) is 5.94. The summed E-state index contributed by atoms with van der Waals surface area (Å²) in [4.78, 5) is 16.5. The molecule has 0 aromatic carbocycles. The van der Waals surface area contributed by atoms with Gasteiger partial charge in [-0.25, -0.2) is 4.98 Å².